The van der Waals surface area contributed by atoms with Gasteiger partial charge in [-0.3, -0.25) is 4.99 Å². The molecule has 2 N–H and O–H groups in total. The lowest BCUT2D eigenvalue weighted by atomic mass is 9.89. The molecule has 0 aliphatic heterocycles. The minimum absolute atomic E-state index is 0.394. The monoisotopic (exact) mass is 257 g/mol. The quantitative estimate of drug-likeness (QED) is 0.418. The summed E-state index contributed by atoms with van der Waals surface area (Å²) < 4.78 is 5.01. The van der Waals surface area contributed by atoms with Crippen molar-refractivity contribution in [1.29, 1.82) is 0 Å². The van der Waals surface area contributed by atoms with E-state index in [1.54, 1.807) is 7.11 Å². The molecule has 0 fully saturated rings. The largest absolute Gasteiger partial charge is 0.385 e. The van der Waals surface area contributed by atoms with Crippen molar-refractivity contribution < 1.29 is 4.74 Å². The Kier molecular flexibility index (Phi) is 8.81. The molecule has 0 rings (SSSR count). The zero-order chi connectivity index (χ0) is 14.0. The molecule has 0 aliphatic carbocycles. The zero-order valence-electron chi connectivity index (χ0n) is 13.0. The highest BCUT2D eigenvalue weighted by Crippen LogP contribution is 2.21. The first-order valence-electron chi connectivity index (χ1n) is 6.85. The molecule has 0 saturated carbocycles. The minimum Gasteiger partial charge on any atom is -0.385 e. The van der Waals surface area contributed by atoms with E-state index in [1.165, 1.54) is 6.42 Å². The van der Waals surface area contributed by atoms with Gasteiger partial charge in [-0.15, -0.1) is 0 Å². The molecule has 1 atom stereocenters. The third-order valence-electron chi connectivity index (χ3n) is 2.75. The summed E-state index contributed by atoms with van der Waals surface area (Å²) in [7, 11) is 3.53. The first-order valence-corrected chi connectivity index (χ1v) is 6.85. The molecule has 0 bridgehead atoms. The van der Waals surface area contributed by atoms with Gasteiger partial charge in [0, 0.05) is 33.4 Å². The van der Waals surface area contributed by atoms with Gasteiger partial charge in [0.15, 0.2) is 5.96 Å². The fraction of sp³-hybridized carbons (Fsp3) is 0.929. The van der Waals surface area contributed by atoms with E-state index < -0.39 is 0 Å². The second kappa shape index (κ2) is 9.20. The van der Waals surface area contributed by atoms with E-state index in [0.29, 0.717) is 11.5 Å². The van der Waals surface area contributed by atoms with Gasteiger partial charge in [-0.05, 0) is 31.6 Å². The molecule has 0 radical (unpaired) electrons. The van der Waals surface area contributed by atoms with E-state index in [9.17, 15) is 0 Å². The van der Waals surface area contributed by atoms with Crippen LogP contribution < -0.4 is 10.6 Å². The summed E-state index contributed by atoms with van der Waals surface area (Å²) in [5, 5.41) is 6.71. The van der Waals surface area contributed by atoms with Gasteiger partial charge in [0.1, 0.15) is 0 Å². The maximum absolute atomic E-state index is 5.01. The van der Waals surface area contributed by atoms with Crippen molar-refractivity contribution >= 4 is 5.96 Å². The molecule has 0 amide bonds. The molecular formula is C14H31N3O. The van der Waals surface area contributed by atoms with Crippen LogP contribution in [-0.2, 0) is 4.74 Å². The topological polar surface area (TPSA) is 45.7 Å². The van der Waals surface area contributed by atoms with Gasteiger partial charge in [0.25, 0.3) is 0 Å². The number of rotatable bonds is 7. The Bertz CT molecular complexity index is 234. The van der Waals surface area contributed by atoms with E-state index in [2.05, 4.69) is 43.3 Å². The van der Waals surface area contributed by atoms with Crippen LogP contribution in [0.2, 0.25) is 0 Å². The van der Waals surface area contributed by atoms with Crippen molar-refractivity contribution in [2.24, 2.45) is 10.4 Å². The zero-order valence-corrected chi connectivity index (χ0v) is 13.0. The predicted octanol–water partition coefficient (Wildman–Crippen LogP) is 2.40. The number of guanidine groups is 1. The van der Waals surface area contributed by atoms with Gasteiger partial charge < -0.3 is 15.4 Å². The van der Waals surface area contributed by atoms with E-state index in [-0.39, 0.29) is 0 Å². The molecule has 0 aromatic heterocycles. The highest BCUT2D eigenvalue weighted by Gasteiger charge is 2.13. The van der Waals surface area contributed by atoms with Gasteiger partial charge in [-0.2, -0.15) is 0 Å². The normalized spacial score (nSPS) is 14.4. The van der Waals surface area contributed by atoms with E-state index in [1.807, 2.05) is 7.05 Å². The molecule has 4 nitrogen and oxygen atoms in total. The van der Waals surface area contributed by atoms with Gasteiger partial charge in [-0.25, -0.2) is 0 Å². The van der Waals surface area contributed by atoms with Crippen molar-refractivity contribution in [2.75, 3.05) is 27.3 Å². The van der Waals surface area contributed by atoms with Crippen LogP contribution in [0.1, 0.15) is 47.0 Å². The highest BCUT2D eigenvalue weighted by atomic mass is 16.5. The van der Waals surface area contributed by atoms with Gasteiger partial charge in [0.05, 0.1) is 0 Å². The van der Waals surface area contributed by atoms with Crippen molar-refractivity contribution in [2.45, 2.75) is 53.0 Å². The number of aliphatic imine (C=N–C) groups is 1. The molecule has 0 aromatic rings. The van der Waals surface area contributed by atoms with Crippen LogP contribution >= 0.6 is 0 Å². The molecular weight excluding hydrogens is 226 g/mol. The predicted molar refractivity (Wildman–Crippen MR) is 79.1 cm³/mol. The first kappa shape index (κ1) is 17.2. The van der Waals surface area contributed by atoms with E-state index >= 15 is 0 Å². The molecule has 1 unspecified atom stereocenters. The van der Waals surface area contributed by atoms with Crippen molar-refractivity contribution in [1.82, 2.24) is 10.6 Å². The maximum atomic E-state index is 5.01. The smallest absolute Gasteiger partial charge is 0.191 e. The molecule has 0 aromatic carbocycles. The van der Waals surface area contributed by atoms with Crippen LogP contribution in [-0.4, -0.2) is 39.3 Å². The average Bonchev–Trinajstić information content (AvgIpc) is 2.29. The second-order valence-corrected chi connectivity index (χ2v) is 5.99. The summed E-state index contributed by atoms with van der Waals surface area (Å²) in [5.74, 6) is 0.882. The maximum Gasteiger partial charge on any atom is 0.191 e. The summed E-state index contributed by atoms with van der Waals surface area (Å²) in [5.41, 5.74) is 0.394. The van der Waals surface area contributed by atoms with Gasteiger partial charge in [-0.1, -0.05) is 20.8 Å². The summed E-state index contributed by atoms with van der Waals surface area (Å²) in [6, 6.07) is 0.442. The van der Waals surface area contributed by atoms with Crippen LogP contribution in [0.4, 0.5) is 0 Å². The number of hydrogen-bond acceptors (Lipinski definition) is 2. The summed E-state index contributed by atoms with van der Waals surface area (Å²) in [6.07, 6.45) is 3.36. The summed E-state index contributed by atoms with van der Waals surface area (Å²) in [4.78, 5) is 4.22. The van der Waals surface area contributed by atoms with Gasteiger partial charge >= 0.3 is 0 Å². The molecule has 108 valence electrons. The molecule has 0 saturated heterocycles. The Hall–Kier alpha value is -0.770. The van der Waals surface area contributed by atoms with Crippen LogP contribution in [0.25, 0.3) is 0 Å². The fourth-order valence-electron chi connectivity index (χ4n) is 1.57. The Labute approximate surface area is 113 Å². The Morgan fingerprint density at radius 3 is 2.50 bits per heavy atom. The second-order valence-electron chi connectivity index (χ2n) is 5.99. The third kappa shape index (κ3) is 10.4. The lowest BCUT2D eigenvalue weighted by Crippen LogP contribution is -2.42. The molecule has 18 heavy (non-hydrogen) atoms. The lowest BCUT2D eigenvalue weighted by Gasteiger charge is -2.23. The van der Waals surface area contributed by atoms with E-state index in [4.69, 9.17) is 4.74 Å². The Morgan fingerprint density at radius 2 is 2.00 bits per heavy atom. The lowest BCUT2D eigenvalue weighted by molar-refractivity contribution is 0.195. The third-order valence-corrected chi connectivity index (χ3v) is 2.75. The van der Waals surface area contributed by atoms with Crippen molar-refractivity contribution in [3.8, 4) is 0 Å². The minimum atomic E-state index is 0.394. The molecule has 0 spiro atoms. The van der Waals surface area contributed by atoms with Crippen LogP contribution in [0.5, 0.6) is 0 Å². The number of ether oxygens (including phenoxy) is 1. The highest BCUT2D eigenvalue weighted by molar-refractivity contribution is 5.79. The first-order chi connectivity index (χ1) is 8.39. The number of nitrogens with zero attached hydrogens (tertiary/aromatic N) is 1. The Morgan fingerprint density at radius 1 is 1.33 bits per heavy atom. The van der Waals surface area contributed by atoms with Crippen LogP contribution in [0.3, 0.4) is 0 Å². The number of nitrogens with one attached hydrogen (secondary N) is 2. The molecule has 0 aliphatic rings. The standard InChI is InChI=1S/C14H31N3O/c1-12(8-9-14(2,3)4)17-13(15-5)16-10-7-11-18-6/h12H,7-11H2,1-6H3,(H2,15,16,17). The van der Waals surface area contributed by atoms with Gasteiger partial charge in [0.2, 0.25) is 0 Å². The van der Waals surface area contributed by atoms with Crippen molar-refractivity contribution in [3.63, 3.8) is 0 Å². The van der Waals surface area contributed by atoms with Crippen molar-refractivity contribution in [3.05, 3.63) is 0 Å². The number of methoxy groups -OCH3 is 1. The van der Waals surface area contributed by atoms with Crippen LogP contribution in [0, 0.1) is 5.41 Å². The molecule has 4 heteroatoms. The summed E-state index contributed by atoms with van der Waals surface area (Å²) >= 11 is 0. The SMILES string of the molecule is CN=C(NCCCOC)NC(C)CCC(C)(C)C. The van der Waals surface area contributed by atoms with Crippen LogP contribution in [0.15, 0.2) is 4.99 Å². The van der Waals surface area contributed by atoms with E-state index in [0.717, 1.165) is 32.0 Å². The Balaban J connectivity index is 3.84. The fourth-order valence-corrected chi connectivity index (χ4v) is 1.57. The molecule has 0 heterocycles. The number of hydrogen-bond donors (Lipinski definition) is 2. The average molecular weight is 257 g/mol. The summed E-state index contributed by atoms with van der Waals surface area (Å²) in [6.45, 7) is 10.7.